The van der Waals surface area contributed by atoms with E-state index >= 15 is 0 Å². The molecular weight excluding hydrogens is 428 g/mol. The molecule has 0 unspecified atom stereocenters. The van der Waals surface area contributed by atoms with Crippen LogP contribution >= 0.6 is 11.8 Å². The number of methoxy groups -OCH3 is 1. The van der Waals surface area contributed by atoms with Crippen LogP contribution in [0.5, 0.6) is 0 Å². The van der Waals surface area contributed by atoms with Crippen molar-refractivity contribution in [1.82, 2.24) is 5.32 Å². The van der Waals surface area contributed by atoms with Gasteiger partial charge >= 0.3 is 11.9 Å². The maximum absolute atomic E-state index is 12.8. The van der Waals surface area contributed by atoms with Gasteiger partial charge < -0.3 is 14.8 Å². The van der Waals surface area contributed by atoms with Crippen molar-refractivity contribution in [2.24, 2.45) is 5.41 Å². The molecule has 32 heavy (non-hydrogen) atoms. The lowest BCUT2D eigenvalue weighted by molar-refractivity contribution is -0.138. The number of allylic oxidation sites excluding steroid dienone is 2. The van der Waals surface area contributed by atoms with Crippen LogP contribution < -0.4 is 5.32 Å². The summed E-state index contributed by atoms with van der Waals surface area (Å²) in [5.41, 5.74) is 1.70. The van der Waals surface area contributed by atoms with E-state index in [1.807, 2.05) is 20.8 Å². The summed E-state index contributed by atoms with van der Waals surface area (Å²) < 4.78 is 9.99. The summed E-state index contributed by atoms with van der Waals surface area (Å²) in [5.74, 6) is -1.47. The number of Topliss-reactive ketones (excluding diaryl/α,β-unsaturated/α-hetero) is 1. The molecule has 8 heteroatoms. The summed E-state index contributed by atoms with van der Waals surface area (Å²) >= 11 is 1.24. The minimum Gasteiger partial charge on any atom is -0.465 e. The number of thioether (sulfide) groups is 1. The number of rotatable bonds is 7. The SMILES string of the molecule is CCOC(=O)C1=C(C)NC(SCC(=O)C(C)(C)C)=C(C#N)[C@H]1c1ccc(C(=O)OC)cc1. The van der Waals surface area contributed by atoms with Crippen LogP contribution in [0.4, 0.5) is 0 Å². The van der Waals surface area contributed by atoms with E-state index in [0.717, 1.165) is 0 Å². The molecule has 0 spiro atoms. The molecule has 7 nitrogen and oxygen atoms in total. The number of hydrogen-bond donors (Lipinski definition) is 1. The van der Waals surface area contributed by atoms with Gasteiger partial charge in [0.25, 0.3) is 0 Å². The van der Waals surface area contributed by atoms with E-state index in [9.17, 15) is 19.6 Å². The largest absolute Gasteiger partial charge is 0.465 e. The van der Waals surface area contributed by atoms with Gasteiger partial charge in [-0.25, -0.2) is 9.59 Å². The zero-order valence-corrected chi connectivity index (χ0v) is 20.0. The van der Waals surface area contributed by atoms with E-state index < -0.39 is 23.3 Å². The van der Waals surface area contributed by atoms with Gasteiger partial charge in [0.05, 0.1) is 53.2 Å². The Balaban J connectivity index is 2.54. The fourth-order valence-electron chi connectivity index (χ4n) is 3.12. The molecule has 1 aliphatic rings. The first kappa shape index (κ1) is 25.2. The van der Waals surface area contributed by atoms with E-state index in [4.69, 9.17) is 9.47 Å². The number of nitrogens with one attached hydrogen (secondary N) is 1. The van der Waals surface area contributed by atoms with Crippen molar-refractivity contribution in [3.63, 3.8) is 0 Å². The molecule has 1 atom stereocenters. The van der Waals surface area contributed by atoms with Gasteiger partial charge in [-0.2, -0.15) is 5.26 Å². The molecule has 0 radical (unpaired) electrons. The Hall–Kier alpha value is -3.05. The van der Waals surface area contributed by atoms with E-state index in [1.54, 1.807) is 38.1 Å². The highest BCUT2D eigenvalue weighted by atomic mass is 32.2. The third-order valence-corrected chi connectivity index (χ3v) is 6.01. The van der Waals surface area contributed by atoms with Crippen molar-refractivity contribution < 1.29 is 23.9 Å². The molecule has 0 aliphatic carbocycles. The van der Waals surface area contributed by atoms with Crippen molar-refractivity contribution in [3.05, 3.63) is 57.3 Å². The van der Waals surface area contributed by atoms with Gasteiger partial charge in [-0.3, -0.25) is 4.79 Å². The quantitative estimate of drug-likeness (QED) is 0.612. The molecule has 2 rings (SSSR count). The smallest absolute Gasteiger partial charge is 0.337 e. The van der Waals surface area contributed by atoms with Crippen molar-refractivity contribution in [1.29, 1.82) is 5.26 Å². The molecule has 0 bridgehead atoms. The first-order valence-corrected chi connectivity index (χ1v) is 11.2. The molecule has 0 saturated carbocycles. The number of ether oxygens (including phenoxy) is 2. The highest BCUT2D eigenvalue weighted by molar-refractivity contribution is 8.03. The van der Waals surface area contributed by atoms with Gasteiger partial charge in [-0.15, -0.1) is 0 Å². The van der Waals surface area contributed by atoms with Crippen LogP contribution in [0.15, 0.2) is 46.1 Å². The second-order valence-electron chi connectivity index (χ2n) is 8.25. The second-order valence-corrected chi connectivity index (χ2v) is 9.23. The first-order chi connectivity index (χ1) is 15.0. The van der Waals surface area contributed by atoms with Crippen molar-refractivity contribution in [2.45, 2.75) is 40.5 Å². The van der Waals surface area contributed by atoms with Gasteiger partial charge in [-0.1, -0.05) is 44.7 Å². The summed E-state index contributed by atoms with van der Waals surface area (Å²) in [6.07, 6.45) is 0. The molecule has 170 valence electrons. The van der Waals surface area contributed by atoms with Crippen LogP contribution in [0, 0.1) is 16.7 Å². The number of dihydropyridines is 1. The van der Waals surface area contributed by atoms with E-state index in [-0.39, 0.29) is 18.1 Å². The molecule has 1 aromatic rings. The Morgan fingerprint density at radius 1 is 1.16 bits per heavy atom. The minimum absolute atomic E-state index is 0.0471. The number of ketones is 1. The van der Waals surface area contributed by atoms with Crippen LogP contribution in [0.25, 0.3) is 0 Å². The molecule has 1 aliphatic heterocycles. The normalized spacial score (nSPS) is 16.2. The Morgan fingerprint density at radius 2 is 1.78 bits per heavy atom. The minimum atomic E-state index is -0.695. The maximum atomic E-state index is 12.8. The molecule has 1 heterocycles. The Bertz CT molecular complexity index is 1010. The van der Waals surface area contributed by atoms with Crippen LogP contribution in [-0.2, 0) is 19.1 Å². The molecule has 0 fully saturated rings. The predicted octanol–water partition coefficient (Wildman–Crippen LogP) is 4.08. The fraction of sp³-hybridized carbons (Fsp3) is 0.417. The number of carbonyl (C=O) groups is 3. The number of hydrogen-bond acceptors (Lipinski definition) is 8. The van der Waals surface area contributed by atoms with E-state index in [0.29, 0.717) is 33.0 Å². The van der Waals surface area contributed by atoms with E-state index in [2.05, 4.69) is 11.4 Å². The Kier molecular flexibility index (Phi) is 8.28. The van der Waals surface area contributed by atoms with Gasteiger partial charge in [0.2, 0.25) is 0 Å². The Labute approximate surface area is 192 Å². The monoisotopic (exact) mass is 456 g/mol. The molecule has 0 aromatic heterocycles. The Morgan fingerprint density at radius 3 is 2.28 bits per heavy atom. The van der Waals surface area contributed by atoms with Crippen LogP contribution in [0.3, 0.4) is 0 Å². The van der Waals surface area contributed by atoms with Crippen molar-refractivity contribution in [3.8, 4) is 6.07 Å². The zero-order chi connectivity index (χ0) is 24.1. The first-order valence-electron chi connectivity index (χ1n) is 10.2. The number of carbonyl (C=O) groups excluding carboxylic acids is 3. The lowest BCUT2D eigenvalue weighted by atomic mass is 9.82. The summed E-state index contributed by atoms with van der Waals surface area (Å²) in [7, 11) is 1.30. The number of nitrogens with zero attached hydrogens (tertiary/aromatic N) is 1. The fourth-order valence-corrected chi connectivity index (χ4v) is 4.38. The summed E-state index contributed by atoms with van der Waals surface area (Å²) in [4.78, 5) is 37.0. The average molecular weight is 457 g/mol. The van der Waals surface area contributed by atoms with Crippen LogP contribution in [0.2, 0.25) is 0 Å². The lowest BCUT2D eigenvalue weighted by Crippen LogP contribution is -2.30. The third kappa shape index (κ3) is 5.60. The van der Waals surface area contributed by atoms with Gasteiger partial charge in [0.1, 0.15) is 5.78 Å². The lowest BCUT2D eigenvalue weighted by Gasteiger charge is -2.29. The molecule has 0 amide bonds. The third-order valence-electron chi connectivity index (χ3n) is 4.99. The summed E-state index contributed by atoms with van der Waals surface area (Å²) in [5, 5.41) is 13.7. The van der Waals surface area contributed by atoms with Gasteiger partial charge in [0, 0.05) is 11.1 Å². The van der Waals surface area contributed by atoms with Crippen molar-refractivity contribution in [2.75, 3.05) is 19.5 Å². The number of esters is 2. The van der Waals surface area contributed by atoms with Crippen molar-refractivity contribution >= 4 is 29.5 Å². The number of benzene rings is 1. The van der Waals surface area contributed by atoms with Gasteiger partial charge in [-0.05, 0) is 31.5 Å². The highest BCUT2D eigenvalue weighted by Gasteiger charge is 2.36. The molecule has 1 aromatic carbocycles. The van der Waals surface area contributed by atoms with E-state index in [1.165, 1.54) is 18.9 Å². The van der Waals surface area contributed by atoms with Crippen LogP contribution in [-0.4, -0.2) is 37.2 Å². The number of nitriles is 1. The predicted molar refractivity (Wildman–Crippen MR) is 123 cm³/mol. The second kappa shape index (κ2) is 10.5. The molecule has 0 saturated heterocycles. The molecule has 1 N–H and O–H groups in total. The highest BCUT2D eigenvalue weighted by Crippen LogP contribution is 2.41. The standard InChI is InChI=1S/C24H28N2O5S/c1-7-31-23(29)19-14(2)26-21(32-13-18(27)24(3,4)5)17(12-25)20(19)15-8-10-16(11-9-15)22(28)30-6/h8-11,20,26H,7,13H2,1-6H3/t20-/m1/s1. The average Bonchev–Trinajstić information content (AvgIpc) is 2.75. The molecular formula is C24H28N2O5S. The van der Waals surface area contributed by atoms with Gasteiger partial charge in [0.15, 0.2) is 0 Å². The maximum Gasteiger partial charge on any atom is 0.337 e. The summed E-state index contributed by atoms with van der Waals surface area (Å²) in [6, 6.07) is 8.77. The summed E-state index contributed by atoms with van der Waals surface area (Å²) in [6.45, 7) is 9.18. The zero-order valence-electron chi connectivity index (χ0n) is 19.2. The van der Waals surface area contributed by atoms with Crippen LogP contribution in [0.1, 0.15) is 56.5 Å². The topological polar surface area (TPSA) is 105 Å².